The third-order valence-corrected chi connectivity index (χ3v) is 6.92. The van der Waals surface area contributed by atoms with Gasteiger partial charge in [0, 0.05) is 30.9 Å². The van der Waals surface area contributed by atoms with Crippen LogP contribution in [0.25, 0.3) is 0 Å². The van der Waals surface area contributed by atoms with Crippen molar-refractivity contribution in [3.8, 4) is 0 Å². The molecular weight excluding hydrogens is 492 g/mol. The molecule has 3 aromatic rings. The van der Waals surface area contributed by atoms with Crippen LogP contribution in [0.15, 0.2) is 48.7 Å². The molecule has 2 aromatic carbocycles. The molecule has 1 aliphatic carbocycles. The fourth-order valence-electron chi connectivity index (χ4n) is 4.37. The molecule has 2 amide bonds. The Hall–Kier alpha value is -3.69. The van der Waals surface area contributed by atoms with Crippen molar-refractivity contribution in [2.45, 2.75) is 32.1 Å². The first kappa shape index (κ1) is 25.0. The van der Waals surface area contributed by atoms with Gasteiger partial charge in [-0.2, -0.15) is 4.98 Å². The van der Waals surface area contributed by atoms with Crippen LogP contribution < -0.4 is 20.9 Å². The van der Waals surface area contributed by atoms with Gasteiger partial charge in [-0.1, -0.05) is 23.7 Å². The fourth-order valence-corrected chi connectivity index (χ4v) is 4.51. The maximum absolute atomic E-state index is 13.0. The molecule has 10 heteroatoms. The lowest BCUT2D eigenvalue weighted by Gasteiger charge is -2.19. The normalized spacial score (nSPS) is 15.9. The van der Waals surface area contributed by atoms with Crippen molar-refractivity contribution in [1.29, 1.82) is 0 Å². The lowest BCUT2D eigenvalue weighted by atomic mass is 9.86. The zero-order chi connectivity index (χ0) is 26.2. The number of benzene rings is 2. The molecule has 2 heterocycles. The SMILES string of the molecule is COCCN1C(=O)C(C)(C)c2cc(Nc3ncc(Cl)c(Nc4ccccc4NC(=O)C4CC4)n3)ccc21. The molecule has 0 saturated heterocycles. The van der Waals surface area contributed by atoms with E-state index in [2.05, 4.69) is 25.9 Å². The topological polar surface area (TPSA) is 108 Å². The first-order chi connectivity index (χ1) is 17.8. The van der Waals surface area contributed by atoms with E-state index in [1.54, 1.807) is 12.0 Å². The number of carbonyl (C=O) groups is 2. The van der Waals surface area contributed by atoms with Crippen LogP contribution in [-0.2, 0) is 19.7 Å². The summed E-state index contributed by atoms with van der Waals surface area (Å²) < 4.78 is 5.18. The average molecular weight is 521 g/mol. The second kappa shape index (κ2) is 9.99. The standard InChI is InChI=1S/C27H29ClN6O3/c1-27(2)18-14-17(10-11-22(18)34(25(27)36)12-13-37-3)30-26-29-15-19(28)23(33-26)31-20-6-4-5-7-21(20)32-24(35)16-8-9-16/h4-7,10-11,14-16H,8-9,12-13H2,1-3H3,(H,32,35)(H2,29,30,31,33). The highest BCUT2D eigenvalue weighted by atomic mass is 35.5. The van der Waals surface area contributed by atoms with Crippen LogP contribution in [0.3, 0.4) is 0 Å². The Morgan fingerprint density at radius 1 is 1.16 bits per heavy atom. The van der Waals surface area contributed by atoms with Crippen molar-refractivity contribution in [3.05, 3.63) is 59.2 Å². The summed E-state index contributed by atoms with van der Waals surface area (Å²) >= 11 is 6.40. The maximum atomic E-state index is 13.0. The molecule has 0 spiro atoms. The van der Waals surface area contributed by atoms with E-state index in [0.29, 0.717) is 41.3 Å². The van der Waals surface area contributed by atoms with Crippen LogP contribution in [0.4, 0.5) is 34.5 Å². The minimum absolute atomic E-state index is 0.0178. The van der Waals surface area contributed by atoms with E-state index in [1.165, 1.54) is 6.20 Å². The van der Waals surface area contributed by atoms with Crippen LogP contribution >= 0.6 is 11.6 Å². The van der Waals surface area contributed by atoms with Crippen LogP contribution in [0.2, 0.25) is 5.02 Å². The molecule has 0 radical (unpaired) electrons. The van der Waals surface area contributed by atoms with Gasteiger partial charge in [0.25, 0.3) is 0 Å². The smallest absolute Gasteiger partial charge is 0.237 e. The Morgan fingerprint density at radius 3 is 2.65 bits per heavy atom. The molecule has 5 rings (SSSR count). The number of methoxy groups -OCH3 is 1. The quantitative estimate of drug-likeness (QED) is 0.354. The van der Waals surface area contributed by atoms with Crippen LogP contribution in [0.5, 0.6) is 0 Å². The van der Waals surface area contributed by atoms with Crippen molar-refractivity contribution in [3.63, 3.8) is 0 Å². The fraction of sp³-hybridized carbons (Fsp3) is 0.333. The first-order valence-corrected chi connectivity index (χ1v) is 12.6. The van der Waals surface area contributed by atoms with Crippen LogP contribution in [0, 0.1) is 5.92 Å². The number of amides is 2. The van der Waals surface area contributed by atoms with Crippen molar-refractivity contribution in [2.24, 2.45) is 5.92 Å². The number of aromatic nitrogens is 2. The lowest BCUT2D eigenvalue weighted by Crippen LogP contribution is -2.37. The molecule has 2 aliphatic rings. The Balaban J connectivity index is 1.37. The molecule has 1 fully saturated rings. The Morgan fingerprint density at radius 2 is 1.92 bits per heavy atom. The number of nitrogens with one attached hydrogen (secondary N) is 3. The summed E-state index contributed by atoms with van der Waals surface area (Å²) in [6, 6.07) is 13.2. The third-order valence-electron chi connectivity index (χ3n) is 6.65. The van der Waals surface area contributed by atoms with Crippen molar-refractivity contribution < 1.29 is 14.3 Å². The number of carbonyl (C=O) groups excluding carboxylic acids is 2. The largest absolute Gasteiger partial charge is 0.383 e. The summed E-state index contributed by atoms with van der Waals surface area (Å²) in [4.78, 5) is 36.0. The highest BCUT2D eigenvalue weighted by Crippen LogP contribution is 2.43. The molecule has 3 N–H and O–H groups in total. The number of para-hydroxylation sites is 2. The highest BCUT2D eigenvalue weighted by Gasteiger charge is 2.43. The number of hydrogen-bond donors (Lipinski definition) is 3. The van der Waals surface area contributed by atoms with Crippen molar-refractivity contribution in [2.75, 3.05) is 41.1 Å². The molecule has 0 unspecified atom stereocenters. The number of anilines is 6. The minimum atomic E-state index is -0.664. The third kappa shape index (κ3) is 5.10. The number of rotatable bonds is 9. The molecule has 1 aromatic heterocycles. The minimum Gasteiger partial charge on any atom is -0.383 e. The predicted molar refractivity (Wildman–Crippen MR) is 145 cm³/mol. The predicted octanol–water partition coefficient (Wildman–Crippen LogP) is 5.24. The summed E-state index contributed by atoms with van der Waals surface area (Å²) in [5.74, 6) is 0.883. The number of ether oxygens (including phenoxy) is 1. The van der Waals surface area contributed by atoms with Crippen molar-refractivity contribution in [1.82, 2.24) is 9.97 Å². The van der Waals surface area contributed by atoms with Crippen molar-refractivity contribution >= 4 is 57.9 Å². The monoisotopic (exact) mass is 520 g/mol. The number of nitrogens with zero attached hydrogens (tertiary/aromatic N) is 3. The molecule has 192 valence electrons. The number of halogens is 1. The number of fused-ring (bicyclic) bond motifs is 1. The summed E-state index contributed by atoms with van der Waals surface area (Å²) in [6.45, 7) is 4.80. The van der Waals surface area contributed by atoms with Gasteiger partial charge in [0.2, 0.25) is 17.8 Å². The summed E-state index contributed by atoms with van der Waals surface area (Å²) in [7, 11) is 1.62. The maximum Gasteiger partial charge on any atom is 0.237 e. The molecule has 0 atom stereocenters. The van der Waals surface area contributed by atoms with E-state index in [0.717, 1.165) is 29.8 Å². The molecular formula is C27H29ClN6O3. The van der Waals surface area contributed by atoms with Gasteiger partial charge in [0.15, 0.2) is 5.82 Å². The van der Waals surface area contributed by atoms with Gasteiger partial charge in [0.1, 0.15) is 5.02 Å². The van der Waals surface area contributed by atoms with E-state index in [1.807, 2.05) is 56.3 Å². The van der Waals surface area contributed by atoms with Gasteiger partial charge in [-0.3, -0.25) is 9.59 Å². The molecule has 0 bridgehead atoms. The van der Waals surface area contributed by atoms with E-state index in [9.17, 15) is 9.59 Å². The van der Waals surface area contributed by atoms with Gasteiger partial charge in [0.05, 0.1) is 29.6 Å². The Kier molecular flexibility index (Phi) is 6.74. The van der Waals surface area contributed by atoms with Gasteiger partial charge >= 0.3 is 0 Å². The molecule has 1 aliphatic heterocycles. The molecule has 37 heavy (non-hydrogen) atoms. The van der Waals surface area contributed by atoms with E-state index in [-0.39, 0.29) is 17.7 Å². The highest BCUT2D eigenvalue weighted by molar-refractivity contribution is 6.33. The summed E-state index contributed by atoms with van der Waals surface area (Å²) in [5.41, 5.74) is 3.22. The summed E-state index contributed by atoms with van der Waals surface area (Å²) in [6.07, 6.45) is 3.36. The second-order valence-electron chi connectivity index (χ2n) is 9.76. The zero-order valence-corrected chi connectivity index (χ0v) is 21.7. The van der Waals surface area contributed by atoms with E-state index < -0.39 is 5.41 Å². The average Bonchev–Trinajstić information content (AvgIpc) is 3.71. The number of hydrogen-bond acceptors (Lipinski definition) is 7. The van der Waals surface area contributed by atoms with Crippen LogP contribution in [-0.4, -0.2) is 42.0 Å². The molecule has 1 saturated carbocycles. The molecule has 9 nitrogen and oxygen atoms in total. The van der Waals surface area contributed by atoms with E-state index >= 15 is 0 Å². The Bertz CT molecular complexity index is 1360. The second-order valence-corrected chi connectivity index (χ2v) is 10.2. The van der Waals surface area contributed by atoms with E-state index in [4.69, 9.17) is 16.3 Å². The zero-order valence-electron chi connectivity index (χ0n) is 21.0. The van der Waals surface area contributed by atoms with Gasteiger partial charge in [-0.05, 0) is 62.6 Å². The van der Waals surface area contributed by atoms with Gasteiger partial charge in [-0.15, -0.1) is 0 Å². The first-order valence-electron chi connectivity index (χ1n) is 12.2. The van der Waals surface area contributed by atoms with Crippen LogP contribution in [0.1, 0.15) is 32.3 Å². The Labute approximate surface area is 220 Å². The summed E-state index contributed by atoms with van der Waals surface area (Å²) in [5, 5.41) is 9.75. The van der Waals surface area contributed by atoms with Gasteiger partial charge in [-0.25, -0.2) is 4.98 Å². The lowest BCUT2D eigenvalue weighted by molar-refractivity contribution is -0.122. The van der Waals surface area contributed by atoms with Gasteiger partial charge < -0.3 is 25.6 Å².